The lowest BCUT2D eigenvalue weighted by molar-refractivity contribution is -0.117. The van der Waals surface area contributed by atoms with Gasteiger partial charge in [0.2, 0.25) is 11.0 Å². The second-order valence-electron chi connectivity index (χ2n) is 7.04. The Kier molecular flexibility index (Phi) is 5.41. The average Bonchev–Trinajstić information content (AvgIpc) is 3.22. The highest BCUT2D eigenvalue weighted by Crippen LogP contribution is 2.28. The summed E-state index contributed by atoms with van der Waals surface area (Å²) in [5.41, 5.74) is 2.50. The first-order valence-electron chi connectivity index (χ1n) is 9.69. The molecule has 30 heavy (non-hydrogen) atoms. The number of fused-ring (bicyclic) bond motifs is 1. The van der Waals surface area contributed by atoms with E-state index >= 15 is 0 Å². The Balaban J connectivity index is 1.62. The van der Waals surface area contributed by atoms with Crippen molar-refractivity contribution in [1.82, 2.24) is 20.0 Å². The molecule has 0 saturated heterocycles. The second-order valence-corrected chi connectivity index (χ2v) is 8.02. The topological polar surface area (TPSA) is 89.8 Å². The summed E-state index contributed by atoms with van der Waals surface area (Å²) >= 11 is 1.32. The lowest BCUT2D eigenvalue weighted by atomic mass is 10.0. The molecule has 0 bridgehead atoms. The van der Waals surface area contributed by atoms with E-state index in [9.17, 15) is 9.59 Å². The zero-order valence-electron chi connectivity index (χ0n) is 16.9. The number of hydrogen-bond donors (Lipinski definition) is 1. The number of nitrogens with zero attached hydrogens (tertiary/aromatic N) is 4. The number of carbonyl (C=O) groups is 1. The van der Waals surface area contributed by atoms with Crippen molar-refractivity contribution in [3.05, 3.63) is 70.1 Å². The number of aryl methyl sites for hydroxylation is 2. The molecule has 2 heterocycles. The number of hydrogen-bond acceptors (Lipinski definition) is 6. The number of aromatic nitrogens is 4. The fraction of sp³-hybridized carbons (Fsp3) is 0.227. The van der Waals surface area contributed by atoms with Crippen molar-refractivity contribution in [2.24, 2.45) is 0 Å². The van der Waals surface area contributed by atoms with Crippen molar-refractivity contribution in [3.63, 3.8) is 0 Å². The Labute approximate surface area is 177 Å². The Hall–Kier alpha value is -3.39. The normalized spacial score (nSPS) is 12.1. The van der Waals surface area contributed by atoms with Gasteiger partial charge in [-0.1, -0.05) is 53.3 Å². The van der Waals surface area contributed by atoms with Gasteiger partial charge in [-0.25, -0.2) is 4.68 Å². The van der Waals surface area contributed by atoms with Gasteiger partial charge in [-0.2, -0.15) is 5.10 Å². The Bertz CT molecular complexity index is 1290. The molecule has 2 aromatic carbocycles. The molecule has 8 heteroatoms. The molecular formula is C22H21N5O2S. The highest BCUT2D eigenvalue weighted by Gasteiger charge is 2.23. The van der Waals surface area contributed by atoms with Crippen LogP contribution in [-0.2, 0) is 11.3 Å². The van der Waals surface area contributed by atoms with Crippen LogP contribution in [0.25, 0.3) is 21.3 Å². The van der Waals surface area contributed by atoms with E-state index in [1.165, 1.54) is 16.0 Å². The van der Waals surface area contributed by atoms with E-state index in [1.54, 1.807) is 13.0 Å². The molecule has 0 aliphatic rings. The van der Waals surface area contributed by atoms with Gasteiger partial charge in [0.15, 0.2) is 0 Å². The maximum atomic E-state index is 12.9. The summed E-state index contributed by atoms with van der Waals surface area (Å²) < 4.78 is 1.39. The lowest BCUT2D eigenvalue weighted by Crippen LogP contribution is -2.27. The molecular weight excluding hydrogens is 398 g/mol. The zero-order chi connectivity index (χ0) is 21.3. The third-order valence-corrected chi connectivity index (χ3v) is 5.81. The predicted molar refractivity (Wildman–Crippen MR) is 119 cm³/mol. The molecule has 0 saturated carbocycles. The molecule has 1 N–H and O–H groups in total. The predicted octanol–water partition coefficient (Wildman–Crippen LogP) is 3.99. The summed E-state index contributed by atoms with van der Waals surface area (Å²) in [5, 5.41) is 18.0. The first kappa shape index (κ1) is 19.9. The van der Waals surface area contributed by atoms with Crippen molar-refractivity contribution in [1.29, 1.82) is 0 Å². The molecule has 7 nitrogen and oxygen atoms in total. The van der Waals surface area contributed by atoms with E-state index in [2.05, 4.69) is 20.6 Å². The number of benzene rings is 2. The van der Waals surface area contributed by atoms with Crippen molar-refractivity contribution in [2.75, 3.05) is 5.32 Å². The Morgan fingerprint density at radius 3 is 2.63 bits per heavy atom. The molecule has 4 aromatic rings. The average molecular weight is 420 g/mol. The van der Waals surface area contributed by atoms with Crippen molar-refractivity contribution in [2.45, 2.75) is 33.2 Å². The van der Waals surface area contributed by atoms with E-state index in [1.807, 2.05) is 56.3 Å². The zero-order valence-corrected chi connectivity index (χ0v) is 17.7. The number of carbonyl (C=O) groups excluding carboxylic acids is 1. The van der Waals surface area contributed by atoms with Crippen LogP contribution in [0.1, 0.15) is 31.0 Å². The molecule has 1 unspecified atom stereocenters. The van der Waals surface area contributed by atoms with Gasteiger partial charge in [-0.3, -0.25) is 14.9 Å². The van der Waals surface area contributed by atoms with Crippen LogP contribution < -0.4 is 10.9 Å². The van der Waals surface area contributed by atoms with Crippen LogP contribution in [0.5, 0.6) is 0 Å². The monoisotopic (exact) mass is 419 g/mol. The Morgan fingerprint density at radius 1 is 1.13 bits per heavy atom. The van der Waals surface area contributed by atoms with Crippen molar-refractivity contribution in [3.8, 4) is 10.6 Å². The highest BCUT2D eigenvalue weighted by molar-refractivity contribution is 7.18. The minimum atomic E-state index is -0.570. The summed E-state index contributed by atoms with van der Waals surface area (Å²) in [6.45, 7) is 6.08. The lowest BCUT2D eigenvalue weighted by Gasteiger charge is -2.14. The van der Waals surface area contributed by atoms with Crippen LogP contribution in [0.15, 0.2) is 53.3 Å². The largest absolute Gasteiger partial charge is 0.300 e. The van der Waals surface area contributed by atoms with Crippen LogP contribution in [-0.4, -0.2) is 25.9 Å². The summed E-state index contributed by atoms with van der Waals surface area (Å²) in [6.07, 6.45) is 0. The quantitative estimate of drug-likeness (QED) is 0.528. The smallest absolute Gasteiger partial charge is 0.274 e. The van der Waals surface area contributed by atoms with Crippen LogP contribution >= 0.6 is 11.3 Å². The third-order valence-electron chi connectivity index (χ3n) is 4.92. The summed E-state index contributed by atoms with van der Waals surface area (Å²) in [5.74, 6) is -0.819. The summed E-state index contributed by atoms with van der Waals surface area (Å²) in [6, 6.07) is 15.2. The van der Waals surface area contributed by atoms with Crippen molar-refractivity contribution >= 4 is 33.1 Å². The van der Waals surface area contributed by atoms with Gasteiger partial charge in [0.05, 0.1) is 17.0 Å². The van der Waals surface area contributed by atoms with E-state index < -0.39 is 5.92 Å². The molecule has 1 amide bonds. The van der Waals surface area contributed by atoms with Gasteiger partial charge >= 0.3 is 0 Å². The molecule has 152 valence electrons. The van der Waals surface area contributed by atoms with Gasteiger partial charge in [-0.15, -0.1) is 10.2 Å². The van der Waals surface area contributed by atoms with E-state index in [4.69, 9.17) is 0 Å². The number of nitrogens with one attached hydrogen (secondary N) is 1. The van der Waals surface area contributed by atoms with Gasteiger partial charge < -0.3 is 0 Å². The second kappa shape index (κ2) is 8.16. The first-order chi connectivity index (χ1) is 14.5. The van der Waals surface area contributed by atoms with E-state index in [0.29, 0.717) is 28.1 Å². The summed E-state index contributed by atoms with van der Waals surface area (Å²) in [7, 11) is 0. The standard InChI is InChI=1S/C22H21N5O2S/c1-4-27-21(29)17-11-6-5-10-16(17)18(26-27)14(3)19(28)23-22-25-24-20(30-22)15-9-7-8-13(2)12-15/h5-12,14H,4H2,1-3H3,(H,23,25,28). The molecule has 0 spiro atoms. The minimum absolute atomic E-state index is 0.156. The first-order valence-corrected chi connectivity index (χ1v) is 10.5. The van der Waals surface area contributed by atoms with Gasteiger partial charge in [0.1, 0.15) is 5.01 Å². The molecule has 2 aromatic heterocycles. The molecule has 0 radical (unpaired) electrons. The van der Waals surface area contributed by atoms with Crippen LogP contribution in [0.2, 0.25) is 0 Å². The molecule has 1 atom stereocenters. The SMILES string of the molecule is CCn1nc(C(C)C(=O)Nc2nnc(-c3cccc(C)c3)s2)c2ccccc2c1=O. The fourth-order valence-corrected chi connectivity index (χ4v) is 4.04. The van der Waals surface area contributed by atoms with Gasteiger partial charge in [0.25, 0.3) is 5.56 Å². The maximum absolute atomic E-state index is 12.9. The Morgan fingerprint density at radius 2 is 1.90 bits per heavy atom. The van der Waals surface area contributed by atoms with Gasteiger partial charge in [0, 0.05) is 17.5 Å². The summed E-state index contributed by atoms with van der Waals surface area (Å²) in [4.78, 5) is 25.5. The van der Waals surface area contributed by atoms with Crippen LogP contribution in [0, 0.1) is 6.92 Å². The van der Waals surface area contributed by atoms with E-state index in [0.717, 1.165) is 16.1 Å². The van der Waals surface area contributed by atoms with Gasteiger partial charge in [-0.05, 0) is 32.9 Å². The molecule has 4 rings (SSSR count). The number of rotatable bonds is 5. The highest BCUT2D eigenvalue weighted by atomic mass is 32.1. The van der Waals surface area contributed by atoms with Crippen molar-refractivity contribution < 1.29 is 4.79 Å². The fourth-order valence-electron chi connectivity index (χ4n) is 3.30. The maximum Gasteiger partial charge on any atom is 0.274 e. The van der Waals surface area contributed by atoms with Crippen LogP contribution in [0.4, 0.5) is 5.13 Å². The van der Waals surface area contributed by atoms with Crippen LogP contribution in [0.3, 0.4) is 0 Å². The third kappa shape index (κ3) is 3.73. The molecule has 0 aliphatic carbocycles. The van der Waals surface area contributed by atoms with E-state index in [-0.39, 0.29) is 11.5 Å². The number of anilines is 1. The molecule has 0 aliphatic heterocycles. The minimum Gasteiger partial charge on any atom is -0.300 e. The molecule has 0 fully saturated rings. The number of amides is 1.